The lowest BCUT2D eigenvalue weighted by molar-refractivity contribution is 0.0955. The van der Waals surface area contributed by atoms with Gasteiger partial charge in [-0.2, -0.15) is 5.10 Å². The first-order valence-electron chi connectivity index (χ1n) is 9.19. The predicted molar refractivity (Wildman–Crippen MR) is 115 cm³/mol. The Morgan fingerprint density at radius 1 is 1.03 bits per heavy atom. The van der Waals surface area contributed by atoms with E-state index in [1.54, 1.807) is 36.4 Å². The first kappa shape index (κ1) is 20.4. The Morgan fingerprint density at radius 3 is 2.41 bits per heavy atom. The predicted octanol–water partition coefficient (Wildman–Crippen LogP) is 5.08. The van der Waals surface area contributed by atoms with Crippen LogP contribution >= 0.6 is 11.6 Å². The van der Waals surface area contributed by atoms with E-state index in [4.69, 9.17) is 21.1 Å². The third-order valence-electron chi connectivity index (χ3n) is 3.97. The van der Waals surface area contributed by atoms with E-state index >= 15 is 0 Å². The maximum atomic E-state index is 12.0. The Hall–Kier alpha value is -3.31. The number of nitrogens with one attached hydrogen (secondary N) is 1. The topological polar surface area (TPSA) is 59.9 Å². The van der Waals surface area contributed by atoms with Gasteiger partial charge in [-0.05, 0) is 42.3 Å². The van der Waals surface area contributed by atoms with Gasteiger partial charge in [-0.15, -0.1) is 0 Å². The van der Waals surface area contributed by atoms with Crippen molar-refractivity contribution in [1.82, 2.24) is 5.43 Å². The third kappa shape index (κ3) is 5.83. The molecule has 29 heavy (non-hydrogen) atoms. The molecule has 0 fully saturated rings. The second-order valence-electron chi connectivity index (χ2n) is 6.10. The van der Waals surface area contributed by atoms with E-state index in [2.05, 4.69) is 10.5 Å². The number of rotatable bonds is 8. The van der Waals surface area contributed by atoms with Crippen molar-refractivity contribution in [1.29, 1.82) is 0 Å². The van der Waals surface area contributed by atoms with Crippen molar-refractivity contribution in [3.05, 3.63) is 94.5 Å². The van der Waals surface area contributed by atoms with Gasteiger partial charge in [-0.3, -0.25) is 4.79 Å². The molecule has 3 aromatic carbocycles. The smallest absolute Gasteiger partial charge is 0.271 e. The molecule has 0 spiro atoms. The van der Waals surface area contributed by atoms with Crippen molar-refractivity contribution in [2.24, 2.45) is 5.10 Å². The number of carbonyl (C=O) groups excluding carboxylic acids is 1. The standard InChI is InChI=1S/C23H21ClN2O3/c1-2-28-21-14-18(15-25-26-23(27)19-11-7-4-8-12-19)13-20(24)22(21)29-16-17-9-5-3-6-10-17/h3-15H,2,16H2,1H3,(H,26,27). The van der Waals surface area contributed by atoms with E-state index in [1.165, 1.54) is 6.21 Å². The SMILES string of the molecule is CCOc1cc(C=NNC(=O)c2ccccc2)cc(Cl)c1OCc1ccccc1. The van der Waals surface area contributed by atoms with Crippen LogP contribution < -0.4 is 14.9 Å². The lowest BCUT2D eigenvalue weighted by Gasteiger charge is -2.14. The zero-order valence-corrected chi connectivity index (χ0v) is 16.7. The van der Waals surface area contributed by atoms with Crippen LogP contribution in [-0.4, -0.2) is 18.7 Å². The van der Waals surface area contributed by atoms with E-state index in [9.17, 15) is 4.79 Å². The third-order valence-corrected chi connectivity index (χ3v) is 4.25. The number of halogens is 1. The van der Waals surface area contributed by atoms with Crippen LogP contribution in [0.25, 0.3) is 0 Å². The average Bonchev–Trinajstić information content (AvgIpc) is 2.74. The molecule has 3 rings (SSSR count). The molecule has 0 aliphatic carbocycles. The molecule has 6 heteroatoms. The Balaban J connectivity index is 1.72. The molecule has 0 aromatic heterocycles. The number of ether oxygens (including phenoxy) is 2. The molecule has 0 saturated heterocycles. The highest BCUT2D eigenvalue weighted by molar-refractivity contribution is 6.32. The lowest BCUT2D eigenvalue weighted by Crippen LogP contribution is -2.17. The van der Waals surface area contributed by atoms with Crippen molar-refractivity contribution in [3.8, 4) is 11.5 Å². The van der Waals surface area contributed by atoms with E-state index in [0.29, 0.717) is 40.9 Å². The van der Waals surface area contributed by atoms with Crippen LogP contribution in [0.1, 0.15) is 28.4 Å². The van der Waals surface area contributed by atoms with Gasteiger partial charge >= 0.3 is 0 Å². The zero-order chi connectivity index (χ0) is 20.5. The van der Waals surface area contributed by atoms with Crippen LogP contribution in [0.5, 0.6) is 11.5 Å². The molecule has 1 amide bonds. The zero-order valence-electron chi connectivity index (χ0n) is 16.0. The number of hydrazone groups is 1. The largest absolute Gasteiger partial charge is 0.490 e. The minimum absolute atomic E-state index is 0.291. The average molecular weight is 409 g/mol. The molecule has 0 unspecified atom stereocenters. The minimum atomic E-state index is -0.291. The summed E-state index contributed by atoms with van der Waals surface area (Å²) in [5.41, 5.74) is 4.73. The quantitative estimate of drug-likeness (QED) is 0.417. The summed E-state index contributed by atoms with van der Waals surface area (Å²) in [6.45, 7) is 2.72. The molecule has 0 radical (unpaired) electrons. The van der Waals surface area contributed by atoms with Gasteiger partial charge in [-0.25, -0.2) is 5.43 Å². The van der Waals surface area contributed by atoms with Crippen LogP contribution in [0.4, 0.5) is 0 Å². The first-order chi connectivity index (χ1) is 14.2. The Morgan fingerprint density at radius 2 is 1.72 bits per heavy atom. The maximum absolute atomic E-state index is 12.0. The summed E-state index contributed by atoms with van der Waals surface area (Å²) in [6, 6.07) is 22.2. The molecule has 3 aromatic rings. The fraction of sp³-hybridized carbons (Fsp3) is 0.130. The molecule has 5 nitrogen and oxygen atoms in total. The number of hydrogen-bond acceptors (Lipinski definition) is 4. The molecule has 1 N–H and O–H groups in total. The molecule has 148 valence electrons. The molecule has 0 atom stereocenters. The normalized spacial score (nSPS) is 10.7. The molecule has 0 aliphatic heterocycles. The summed E-state index contributed by atoms with van der Waals surface area (Å²) in [4.78, 5) is 12.0. The van der Waals surface area contributed by atoms with Crippen LogP contribution in [0.2, 0.25) is 5.02 Å². The summed E-state index contributed by atoms with van der Waals surface area (Å²) >= 11 is 6.42. The van der Waals surface area contributed by atoms with Gasteiger partial charge in [0.15, 0.2) is 11.5 Å². The lowest BCUT2D eigenvalue weighted by atomic mass is 10.2. The fourth-order valence-electron chi connectivity index (χ4n) is 2.61. The number of amides is 1. The van der Waals surface area contributed by atoms with Crippen molar-refractivity contribution >= 4 is 23.7 Å². The van der Waals surface area contributed by atoms with Crippen molar-refractivity contribution in [2.75, 3.05) is 6.61 Å². The van der Waals surface area contributed by atoms with Crippen LogP contribution in [0.15, 0.2) is 77.9 Å². The fourth-order valence-corrected chi connectivity index (χ4v) is 2.89. The highest BCUT2D eigenvalue weighted by atomic mass is 35.5. The monoisotopic (exact) mass is 408 g/mol. The molecule has 0 bridgehead atoms. The van der Waals surface area contributed by atoms with E-state index in [1.807, 2.05) is 43.3 Å². The molecule has 0 saturated carbocycles. The van der Waals surface area contributed by atoms with Gasteiger partial charge in [0.05, 0.1) is 17.8 Å². The Kier molecular flexibility index (Phi) is 7.25. The molecule has 0 heterocycles. The van der Waals surface area contributed by atoms with E-state index in [0.717, 1.165) is 5.56 Å². The van der Waals surface area contributed by atoms with E-state index in [-0.39, 0.29) is 5.91 Å². The van der Waals surface area contributed by atoms with Crippen molar-refractivity contribution in [3.63, 3.8) is 0 Å². The summed E-state index contributed by atoms with van der Waals surface area (Å²) in [6.07, 6.45) is 1.51. The summed E-state index contributed by atoms with van der Waals surface area (Å²) in [7, 11) is 0. The molecular formula is C23H21ClN2O3. The maximum Gasteiger partial charge on any atom is 0.271 e. The first-order valence-corrected chi connectivity index (χ1v) is 9.56. The number of benzene rings is 3. The Bertz CT molecular complexity index is 976. The number of nitrogens with zero attached hydrogens (tertiary/aromatic N) is 1. The summed E-state index contributed by atoms with van der Waals surface area (Å²) in [5, 5.41) is 4.41. The summed E-state index contributed by atoms with van der Waals surface area (Å²) < 4.78 is 11.6. The highest BCUT2D eigenvalue weighted by Gasteiger charge is 2.12. The van der Waals surface area contributed by atoms with Gasteiger partial charge in [0.2, 0.25) is 0 Å². The van der Waals surface area contributed by atoms with Gasteiger partial charge in [-0.1, -0.05) is 60.1 Å². The Labute approximate surface area is 174 Å². The number of hydrogen-bond donors (Lipinski definition) is 1. The van der Waals surface area contributed by atoms with Gasteiger partial charge in [0, 0.05) is 5.56 Å². The van der Waals surface area contributed by atoms with Gasteiger partial charge in [0.1, 0.15) is 6.61 Å². The van der Waals surface area contributed by atoms with Crippen molar-refractivity contribution < 1.29 is 14.3 Å². The van der Waals surface area contributed by atoms with Gasteiger partial charge < -0.3 is 9.47 Å². The molecular weight excluding hydrogens is 388 g/mol. The molecule has 0 aliphatic rings. The van der Waals surface area contributed by atoms with Crippen LogP contribution in [-0.2, 0) is 6.61 Å². The van der Waals surface area contributed by atoms with Crippen LogP contribution in [0, 0.1) is 0 Å². The number of carbonyl (C=O) groups is 1. The minimum Gasteiger partial charge on any atom is -0.490 e. The highest BCUT2D eigenvalue weighted by Crippen LogP contribution is 2.36. The van der Waals surface area contributed by atoms with Crippen molar-refractivity contribution in [2.45, 2.75) is 13.5 Å². The summed E-state index contributed by atoms with van der Waals surface area (Å²) in [5.74, 6) is 0.704. The van der Waals surface area contributed by atoms with Gasteiger partial charge in [0.25, 0.3) is 5.91 Å². The van der Waals surface area contributed by atoms with E-state index < -0.39 is 0 Å². The second-order valence-corrected chi connectivity index (χ2v) is 6.51. The van der Waals surface area contributed by atoms with Crippen LogP contribution in [0.3, 0.4) is 0 Å². The second kappa shape index (κ2) is 10.3.